The molecule has 74 valence electrons. The minimum atomic E-state index is -0.807. The van der Waals surface area contributed by atoms with Gasteiger partial charge >= 0.3 is 5.97 Å². The molecule has 4 nitrogen and oxygen atoms in total. The van der Waals surface area contributed by atoms with Crippen LogP contribution in [0.2, 0.25) is 0 Å². The lowest BCUT2D eigenvalue weighted by Gasteiger charge is -2.04. The average Bonchev–Trinajstić information content (AvgIpc) is 2.63. The maximum absolute atomic E-state index is 10.9. The number of imidazole rings is 1. The molecule has 2 rings (SSSR count). The third-order valence-electron chi connectivity index (χ3n) is 2.18. The Morgan fingerprint density at radius 3 is 3.14 bits per heavy atom. The predicted octanol–water partition coefficient (Wildman–Crippen LogP) is 1.97. The first-order valence-electron chi connectivity index (χ1n) is 4.37. The number of aliphatic carboxylic acids is 1. The molecule has 1 N–H and O–H groups in total. The number of carboxylic acids is 1. The number of carbonyl (C=O) groups is 1. The van der Waals surface area contributed by atoms with Crippen molar-refractivity contribution >= 4 is 22.3 Å². The van der Waals surface area contributed by atoms with Gasteiger partial charge in [-0.15, -0.1) is 11.3 Å². The fourth-order valence-electron chi connectivity index (χ4n) is 1.42. The minimum Gasteiger partial charge on any atom is -0.481 e. The number of nitrogens with zero attached hydrogens (tertiary/aromatic N) is 2. The van der Waals surface area contributed by atoms with Crippen molar-refractivity contribution in [3.05, 3.63) is 23.5 Å². The Morgan fingerprint density at radius 2 is 2.57 bits per heavy atom. The van der Waals surface area contributed by atoms with E-state index < -0.39 is 11.9 Å². The molecule has 1 atom stereocenters. The molecule has 0 amide bonds. The maximum Gasteiger partial charge on any atom is 0.312 e. The van der Waals surface area contributed by atoms with Gasteiger partial charge < -0.3 is 5.11 Å². The molecule has 0 aliphatic carbocycles. The third-order valence-corrected chi connectivity index (χ3v) is 2.95. The lowest BCUT2D eigenvalue weighted by Crippen LogP contribution is -2.10. The molecule has 2 heterocycles. The molecule has 0 bridgehead atoms. The number of fused-ring (bicyclic) bond motifs is 1. The summed E-state index contributed by atoms with van der Waals surface area (Å²) in [6.07, 6.45) is 4.24. The Labute approximate surface area is 84.8 Å². The van der Waals surface area contributed by atoms with Crippen molar-refractivity contribution in [1.82, 2.24) is 9.38 Å². The van der Waals surface area contributed by atoms with Gasteiger partial charge in [-0.05, 0) is 6.42 Å². The summed E-state index contributed by atoms with van der Waals surface area (Å²) >= 11 is 1.51. The van der Waals surface area contributed by atoms with E-state index in [0.717, 1.165) is 4.96 Å². The molecule has 14 heavy (non-hydrogen) atoms. The van der Waals surface area contributed by atoms with E-state index in [4.69, 9.17) is 5.11 Å². The van der Waals surface area contributed by atoms with E-state index in [0.29, 0.717) is 12.1 Å². The molecule has 0 saturated carbocycles. The zero-order valence-corrected chi connectivity index (χ0v) is 8.49. The second-order valence-corrected chi connectivity index (χ2v) is 3.93. The number of hydrogen-bond donors (Lipinski definition) is 1. The van der Waals surface area contributed by atoms with Crippen molar-refractivity contribution in [3.63, 3.8) is 0 Å². The Morgan fingerprint density at radius 1 is 1.79 bits per heavy atom. The van der Waals surface area contributed by atoms with Crippen LogP contribution in [0, 0.1) is 0 Å². The molecule has 0 radical (unpaired) electrons. The highest BCUT2D eigenvalue weighted by Gasteiger charge is 2.20. The van der Waals surface area contributed by atoms with Crippen LogP contribution in [-0.4, -0.2) is 20.5 Å². The molecule has 0 fully saturated rings. The number of rotatable bonds is 3. The van der Waals surface area contributed by atoms with Crippen molar-refractivity contribution in [3.8, 4) is 0 Å². The van der Waals surface area contributed by atoms with E-state index in [9.17, 15) is 4.79 Å². The van der Waals surface area contributed by atoms with E-state index in [-0.39, 0.29) is 0 Å². The van der Waals surface area contributed by atoms with Gasteiger partial charge in [0, 0.05) is 17.8 Å². The number of hydrogen-bond acceptors (Lipinski definition) is 3. The highest BCUT2D eigenvalue weighted by molar-refractivity contribution is 7.15. The smallest absolute Gasteiger partial charge is 0.312 e. The summed E-state index contributed by atoms with van der Waals surface area (Å²) in [5.41, 5.74) is 0.645. The SMILES string of the molecule is CC[C@H](C(=O)O)c1cn2ccsc2n1. The first-order chi connectivity index (χ1) is 6.72. The Hall–Kier alpha value is -1.36. The highest BCUT2D eigenvalue weighted by atomic mass is 32.1. The monoisotopic (exact) mass is 210 g/mol. The van der Waals surface area contributed by atoms with Crippen molar-refractivity contribution in [2.24, 2.45) is 0 Å². The van der Waals surface area contributed by atoms with Crippen LogP contribution in [-0.2, 0) is 4.79 Å². The molecule has 2 aromatic rings. The van der Waals surface area contributed by atoms with Gasteiger partial charge in [-0.1, -0.05) is 6.92 Å². The Kier molecular flexibility index (Phi) is 2.25. The molecular weight excluding hydrogens is 200 g/mol. The topological polar surface area (TPSA) is 54.6 Å². The first-order valence-corrected chi connectivity index (χ1v) is 5.25. The van der Waals surface area contributed by atoms with Crippen molar-refractivity contribution < 1.29 is 9.90 Å². The van der Waals surface area contributed by atoms with Crippen molar-refractivity contribution in [2.45, 2.75) is 19.3 Å². The number of carboxylic acid groups (broad SMARTS) is 1. The van der Waals surface area contributed by atoms with Crippen LogP contribution in [0.15, 0.2) is 17.8 Å². The molecule has 0 spiro atoms. The molecule has 0 aliphatic heterocycles. The zero-order chi connectivity index (χ0) is 10.1. The van der Waals surface area contributed by atoms with E-state index in [1.54, 1.807) is 6.20 Å². The normalized spacial score (nSPS) is 13.2. The Balaban J connectivity index is 2.42. The minimum absolute atomic E-state index is 0.484. The summed E-state index contributed by atoms with van der Waals surface area (Å²) in [6.45, 7) is 1.85. The molecule has 5 heteroatoms. The summed E-state index contributed by atoms with van der Waals surface area (Å²) in [7, 11) is 0. The van der Waals surface area contributed by atoms with Crippen LogP contribution < -0.4 is 0 Å². The Bertz CT molecular complexity index is 432. The van der Waals surface area contributed by atoms with Crippen LogP contribution in [0.5, 0.6) is 0 Å². The lowest BCUT2D eigenvalue weighted by atomic mass is 10.0. The van der Waals surface area contributed by atoms with Gasteiger partial charge in [0.05, 0.1) is 5.69 Å². The van der Waals surface area contributed by atoms with E-state index in [2.05, 4.69) is 4.98 Å². The van der Waals surface area contributed by atoms with Crippen LogP contribution in [0.25, 0.3) is 4.96 Å². The van der Waals surface area contributed by atoms with Crippen LogP contribution >= 0.6 is 11.3 Å². The summed E-state index contributed by atoms with van der Waals surface area (Å²) in [5, 5.41) is 10.9. The summed E-state index contributed by atoms with van der Waals surface area (Å²) in [4.78, 5) is 16.0. The van der Waals surface area contributed by atoms with Gasteiger partial charge in [-0.2, -0.15) is 0 Å². The molecule has 0 saturated heterocycles. The molecule has 0 aromatic carbocycles. The molecular formula is C9H10N2O2S. The van der Waals surface area contributed by atoms with Crippen LogP contribution in [0.1, 0.15) is 25.0 Å². The zero-order valence-electron chi connectivity index (χ0n) is 7.67. The van der Waals surface area contributed by atoms with Crippen molar-refractivity contribution in [1.29, 1.82) is 0 Å². The molecule has 2 aromatic heterocycles. The number of thiazole rings is 1. The van der Waals surface area contributed by atoms with E-state index >= 15 is 0 Å². The van der Waals surface area contributed by atoms with Gasteiger partial charge in [0.25, 0.3) is 0 Å². The van der Waals surface area contributed by atoms with Crippen molar-refractivity contribution in [2.75, 3.05) is 0 Å². The predicted molar refractivity (Wildman–Crippen MR) is 53.7 cm³/mol. The summed E-state index contributed by atoms with van der Waals surface area (Å²) in [6, 6.07) is 0. The maximum atomic E-state index is 10.9. The van der Waals surface area contributed by atoms with E-state index in [1.165, 1.54) is 11.3 Å². The summed E-state index contributed by atoms with van der Waals surface area (Å²) in [5.74, 6) is -1.29. The quantitative estimate of drug-likeness (QED) is 0.842. The largest absolute Gasteiger partial charge is 0.481 e. The van der Waals surface area contributed by atoms with Gasteiger partial charge in [-0.3, -0.25) is 9.20 Å². The van der Waals surface area contributed by atoms with Gasteiger partial charge in [-0.25, -0.2) is 4.98 Å². The molecule has 0 aliphatic rings. The van der Waals surface area contributed by atoms with Gasteiger partial charge in [0.15, 0.2) is 4.96 Å². The van der Waals surface area contributed by atoms with Gasteiger partial charge in [0.1, 0.15) is 5.92 Å². The fourth-order valence-corrected chi connectivity index (χ4v) is 2.13. The number of aromatic nitrogens is 2. The molecule has 0 unspecified atom stereocenters. The summed E-state index contributed by atoms with van der Waals surface area (Å²) < 4.78 is 1.85. The highest BCUT2D eigenvalue weighted by Crippen LogP contribution is 2.21. The van der Waals surface area contributed by atoms with Crippen LogP contribution in [0.3, 0.4) is 0 Å². The second-order valence-electron chi connectivity index (χ2n) is 3.06. The van der Waals surface area contributed by atoms with Gasteiger partial charge in [0.2, 0.25) is 0 Å². The third kappa shape index (κ3) is 1.39. The second kappa shape index (κ2) is 3.42. The average molecular weight is 210 g/mol. The first kappa shape index (κ1) is 9.21. The van der Waals surface area contributed by atoms with Crippen LogP contribution in [0.4, 0.5) is 0 Å². The van der Waals surface area contributed by atoms with E-state index in [1.807, 2.05) is 22.9 Å². The lowest BCUT2D eigenvalue weighted by molar-refractivity contribution is -0.138. The standard InChI is InChI=1S/C9H10N2O2S/c1-2-6(8(12)13)7-5-11-3-4-14-9(11)10-7/h3-6H,2H2,1H3,(H,12,13)/t6-/m0/s1. The fraction of sp³-hybridized carbons (Fsp3) is 0.333.